The van der Waals surface area contributed by atoms with Gasteiger partial charge in [0, 0.05) is 16.5 Å². The molecule has 0 spiro atoms. The van der Waals surface area contributed by atoms with Crippen molar-refractivity contribution < 1.29 is 4.74 Å². The van der Waals surface area contributed by atoms with Gasteiger partial charge in [-0.05, 0) is 68.2 Å². The van der Waals surface area contributed by atoms with Gasteiger partial charge >= 0.3 is 0 Å². The van der Waals surface area contributed by atoms with E-state index in [4.69, 9.17) is 4.74 Å². The van der Waals surface area contributed by atoms with Crippen molar-refractivity contribution in [2.24, 2.45) is 0 Å². The van der Waals surface area contributed by atoms with E-state index in [-0.39, 0.29) is 6.04 Å². The molecule has 3 rings (SSSR count). The average molecular weight is 482 g/mol. The molecule has 2 aromatic rings. The molecule has 1 aromatic heterocycles. The number of thiophene rings is 1. The summed E-state index contributed by atoms with van der Waals surface area (Å²) in [6, 6.07) is 6.55. The molecule has 0 saturated heterocycles. The van der Waals surface area contributed by atoms with Crippen molar-refractivity contribution in [3.8, 4) is 5.75 Å². The second-order valence-corrected chi connectivity index (χ2v) is 9.25. The van der Waals surface area contributed by atoms with Gasteiger partial charge in [0.25, 0.3) is 0 Å². The van der Waals surface area contributed by atoms with Gasteiger partial charge in [0.15, 0.2) is 0 Å². The number of hydrogen-bond acceptors (Lipinski definition) is 3. The number of fused-ring (bicyclic) bond motifs is 1. The number of benzene rings is 1. The lowest BCUT2D eigenvalue weighted by atomic mass is 9.98. The third kappa shape index (κ3) is 2.73. The van der Waals surface area contributed by atoms with Gasteiger partial charge in [-0.3, -0.25) is 0 Å². The number of hydrogen-bond donors (Lipinski definition) is 1. The fraction of sp³-hybridized carbons (Fsp3) is 0.286. The van der Waals surface area contributed by atoms with Gasteiger partial charge in [-0.1, -0.05) is 15.9 Å². The summed E-state index contributed by atoms with van der Waals surface area (Å²) in [4.78, 5) is 0. The van der Waals surface area contributed by atoms with Gasteiger partial charge < -0.3 is 10.1 Å². The molecule has 0 aliphatic carbocycles. The normalized spacial score (nSPS) is 15.0. The maximum Gasteiger partial charge on any atom is 0.127 e. The van der Waals surface area contributed by atoms with Crippen molar-refractivity contribution in [1.29, 1.82) is 0 Å². The van der Waals surface area contributed by atoms with Gasteiger partial charge in [-0.2, -0.15) is 0 Å². The van der Waals surface area contributed by atoms with E-state index in [2.05, 4.69) is 71.3 Å². The second kappa shape index (κ2) is 6.08. The first-order valence-corrected chi connectivity index (χ1v) is 9.37. The molecule has 0 fully saturated rings. The highest BCUT2D eigenvalue weighted by atomic mass is 79.9. The van der Waals surface area contributed by atoms with Gasteiger partial charge in [-0.25, -0.2) is 0 Å². The maximum absolute atomic E-state index is 5.85. The van der Waals surface area contributed by atoms with E-state index in [0.29, 0.717) is 0 Å². The number of rotatable bonds is 3. The Bertz CT molecular complexity index is 656. The van der Waals surface area contributed by atoms with Crippen molar-refractivity contribution in [3.05, 3.63) is 46.9 Å². The zero-order valence-corrected chi connectivity index (χ0v) is 16.2. The number of halogens is 3. The van der Waals surface area contributed by atoms with Crippen LogP contribution in [0.5, 0.6) is 5.75 Å². The summed E-state index contributed by atoms with van der Waals surface area (Å²) in [5.74, 6) is 1.03. The Kier molecular flexibility index (Phi) is 4.57. The zero-order chi connectivity index (χ0) is 14.3. The van der Waals surface area contributed by atoms with E-state index in [1.54, 1.807) is 11.3 Å². The topological polar surface area (TPSA) is 21.3 Å². The largest absolute Gasteiger partial charge is 0.493 e. The SMILES string of the molecule is CNC(c1cc(Br)sc1Br)c1cc(Br)cc2c1OCC2. The first kappa shape index (κ1) is 15.0. The second-order valence-electron chi connectivity index (χ2n) is 4.58. The molecule has 20 heavy (non-hydrogen) atoms. The Labute approximate surface area is 147 Å². The lowest BCUT2D eigenvalue weighted by Crippen LogP contribution is -2.18. The van der Waals surface area contributed by atoms with Crippen LogP contribution in [0.15, 0.2) is 30.2 Å². The Morgan fingerprint density at radius 3 is 2.65 bits per heavy atom. The molecule has 1 atom stereocenters. The summed E-state index contributed by atoms with van der Waals surface area (Å²) in [6.45, 7) is 0.768. The van der Waals surface area contributed by atoms with Gasteiger partial charge in [-0.15, -0.1) is 11.3 Å². The van der Waals surface area contributed by atoms with Crippen molar-refractivity contribution in [2.75, 3.05) is 13.7 Å². The van der Waals surface area contributed by atoms with Crippen LogP contribution < -0.4 is 10.1 Å². The first-order valence-electron chi connectivity index (χ1n) is 6.17. The molecule has 1 aliphatic rings. The van der Waals surface area contributed by atoms with Crippen molar-refractivity contribution in [1.82, 2.24) is 5.32 Å². The molecule has 2 nitrogen and oxygen atoms in total. The number of nitrogens with one attached hydrogen (secondary N) is 1. The molecule has 0 saturated carbocycles. The Morgan fingerprint density at radius 1 is 1.20 bits per heavy atom. The Morgan fingerprint density at radius 2 is 2.00 bits per heavy atom. The van der Waals surface area contributed by atoms with Crippen LogP contribution in [0.4, 0.5) is 0 Å². The summed E-state index contributed by atoms with van der Waals surface area (Å²) in [6.07, 6.45) is 0.979. The molecular weight excluding hydrogens is 470 g/mol. The molecule has 0 bridgehead atoms. The van der Waals surface area contributed by atoms with Crippen LogP contribution in [0.25, 0.3) is 0 Å². The summed E-state index contributed by atoms with van der Waals surface area (Å²) in [7, 11) is 1.98. The summed E-state index contributed by atoms with van der Waals surface area (Å²) < 4.78 is 9.20. The minimum Gasteiger partial charge on any atom is -0.493 e. The molecule has 6 heteroatoms. The highest BCUT2D eigenvalue weighted by Crippen LogP contribution is 2.43. The Balaban J connectivity index is 2.13. The summed E-state index contributed by atoms with van der Waals surface area (Å²) >= 11 is 12.5. The molecule has 1 aliphatic heterocycles. The predicted octanol–water partition coefficient (Wildman–Crippen LogP) is 5.28. The third-order valence-corrected chi connectivity index (χ3v) is 6.21. The molecule has 1 aromatic carbocycles. The van der Waals surface area contributed by atoms with E-state index in [1.807, 2.05) is 7.05 Å². The van der Waals surface area contributed by atoms with E-state index in [9.17, 15) is 0 Å². The van der Waals surface area contributed by atoms with E-state index in [1.165, 1.54) is 16.7 Å². The molecule has 0 amide bonds. The van der Waals surface area contributed by atoms with Crippen LogP contribution >= 0.6 is 59.1 Å². The van der Waals surface area contributed by atoms with Crippen LogP contribution in [-0.2, 0) is 6.42 Å². The maximum atomic E-state index is 5.85. The van der Waals surface area contributed by atoms with E-state index < -0.39 is 0 Å². The van der Waals surface area contributed by atoms with Gasteiger partial charge in [0.1, 0.15) is 5.75 Å². The van der Waals surface area contributed by atoms with Gasteiger partial charge in [0.2, 0.25) is 0 Å². The van der Waals surface area contributed by atoms with Gasteiger partial charge in [0.05, 0.1) is 20.2 Å². The lowest BCUT2D eigenvalue weighted by molar-refractivity contribution is 0.351. The van der Waals surface area contributed by atoms with Crippen LogP contribution in [-0.4, -0.2) is 13.7 Å². The van der Waals surface area contributed by atoms with Crippen LogP contribution in [0.2, 0.25) is 0 Å². The van der Waals surface area contributed by atoms with E-state index >= 15 is 0 Å². The summed E-state index contributed by atoms with van der Waals surface area (Å²) in [5.41, 5.74) is 3.68. The highest BCUT2D eigenvalue weighted by molar-refractivity contribution is 9.12. The molecule has 1 unspecified atom stereocenters. The van der Waals surface area contributed by atoms with Crippen LogP contribution in [0.3, 0.4) is 0 Å². The molecule has 2 heterocycles. The van der Waals surface area contributed by atoms with Crippen molar-refractivity contribution in [2.45, 2.75) is 12.5 Å². The zero-order valence-electron chi connectivity index (χ0n) is 10.7. The molecule has 0 radical (unpaired) electrons. The molecule has 106 valence electrons. The first-order chi connectivity index (χ1) is 9.60. The van der Waals surface area contributed by atoms with E-state index in [0.717, 1.165) is 30.8 Å². The lowest BCUT2D eigenvalue weighted by Gasteiger charge is -2.19. The fourth-order valence-electron chi connectivity index (χ4n) is 2.54. The average Bonchev–Trinajstić information content (AvgIpc) is 2.97. The highest BCUT2D eigenvalue weighted by Gasteiger charge is 2.25. The van der Waals surface area contributed by atoms with Crippen LogP contribution in [0, 0.1) is 0 Å². The minimum absolute atomic E-state index is 0.108. The smallest absolute Gasteiger partial charge is 0.127 e. The van der Waals surface area contributed by atoms with Crippen molar-refractivity contribution in [3.63, 3.8) is 0 Å². The summed E-state index contributed by atoms with van der Waals surface area (Å²) in [5, 5.41) is 3.40. The quantitative estimate of drug-likeness (QED) is 0.644. The number of ether oxygens (including phenoxy) is 1. The third-order valence-electron chi connectivity index (χ3n) is 3.37. The molecule has 1 N–H and O–H groups in total. The molecular formula is C14H12Br3NOS. The minimum atomic E-state index is 0.108. The van der Waals surface area contributed by atoms with Crippen LogP contribution in [0.1, 0.15) is 22.7 Å². The van der Waals surface area contributed by atoms with Crippen molar-refractivity contribution >= 4 is 59.1 Å². The predicted molar refractivity (Wildman–Crippen MR) is 94.0 cm³/mol. The standard InChI is InChI=1S/C14H12Br3NOS/c1-18-12(10-6-11(16)20-14(10)17)9-5-8(15)4-7-2-3-19-13(7)9/h4-6,12,18H,2-3H2,1H3. The Hall–Kier alpha value is 0.120. The fourth-order valence-corrected chi connectivity index (χ4v) is 5.97. The monoisotopic (exact) mass is 479 g/mol.